The molecule has 2 rings (SSSR count). The summed E-state index contributed by atoms with van der Waals surface area (Å²) >= 11 is 0. The minimum Gasteiger partial charge on any atom is -0.461 e. The van der Waals surface area contributed by atoms with E-state index >= 15 is 0 Å². The number of para-hydroxylation sites is 1. The highest BCUT2D eigenvalue weighted by atomic mass is 16.3. The van der Waals surface area contributed by atoms with E-state index in [1.54, 1.807) is 0 Å². The molecule has 1 heterocycles. The standard InChI is InChI=1S/C17H25NO/c1-5-18-16(17(2,3)4)11-10-14-12-13-8-6-7-9-15(13)19-14/h6-9,12,16,18H,5,10-11H2,1-4H3. The normalized spacial score (nSPS) is 13.9. The average Bonchev–Trinajstić information content (AvgIpc) is 2.75. The third-order valence-corrected chi connectivity index (χ3v) is 3.65. The Labute approximate surface area is 116 Å². The summed E-state index contributed by atoms with van der Waals surface area (Å²) in [6, 6.07) is 10.9. The SMILES string of the molecule is CCNC(CCc1cc2ccccc2o1)C(C)(C)C. The van der Waals surface area contributed by atoms with Crippen LogP contribution in [0.1, 0.15) is 39.9 Å². The van der Waals surface area contributed by atoms with E-state index in [0.29, 0.717) is 6.04 Å². The fourth-order valence-corrected chi connectivity index (χ4v) is 2.53. The van der Waals surface area contributed by atoms with Crippen LogP contribution in [-0.4, -0.2) is 12.6 Å². The van der Waals surface area contributed by atoms with Crippen molar-refractivity contribution in [1.29, 1.82) is 0 Å². The quantitative estimate of drug-likeness (QED) is 0.861. The fraction of sp³-hybridized carbons (Fsp3) is 0.529. The molecule has 2 heteroatoms. The molecular weight excluding hydrogens is 234 g/mol. The van der Waals surface area contributed by atoms with E-state index in [0.717, 1.165) is 30.7 Å². The number of hydrogen-bond acceptors (Lipinski definition) is 2. The molecule has 1 unspecified atom stereocenters. The molecule has 0 aliphatic heterocycles. The second-order valence-electron chi connectivity index (χ2n) is 6.27. The summed E-state index contributed by atoms with van der Waals surface area (Å²) in [6.07, 6.45) is 2.10. The number of rotatable bonds is 5. The molecule has 1 aromatic carbocycles. The van der Waals surface area contributed by atoms with Gasteiger partial charge >= 0.3 is 0 Å². The van der Waals surface area contributed by atoms with Crippen LogP contribution in [0.4, 0.5) is 0 Å². The van der Waals surface area contributed by atoms with Crippen LogP contribution >= 0.6 is 0 Å². The lowest BCUT2D eigenvalue weighted by atomic mass is 9.84. The van der Waals surface area contributed by atoms with E-state index in [4.69, 9.17) is 4.42 Å². The first-order valence-electron chi connectivity index (χ1n) is 7.21. The van der Waals surface area contributed by atoms with Crippen LogP contribution in [0, 0.1) is 5.41 Å². The van der Waals surface area contributed by atoms with Crippen LogP contribution in [-0.2, 0) is 6.42 Å². The lowest BCUT2D eigenvalue weighted by Crippen LogP contribution is -2.40. The number of fused-ring (bicyclic) bond motifs is 1. The summed E-state index contributed by atoms with van der Waals surface area (Å²) in [5.74, 6) is 1.09. The van der Waals surface area contributed by atoms with Gasteiger partial charge in [0.15, 0.2) is 0 Å². The van der Waals surface area contributed by atoms with Gasteiger partial charge in [0.2, 0.25) is 0 Å². The molecule has 0 saturated carbocycles. The summed E-state index contributed by atoms with van der Waals surface area (Å²) < 4.78 is 5.88. The van der Waals surface area contributed by atoms with E-state index in [1.807, 2.05) is 12.1 Å². The van der Waals surface area contributed by atoms with Crippen molar-refractivity contribution < 1.29 is 4.42 Å². The first kappa shape index (κ1) is 14.1. The molecule has 0 aliphatic carbocycles. The molecule has 104 valence electrons. The van der Waals surface area contributed by atoms with Gasteiger partial charge in [-0.25, -0.2) is 0 Å². The van der Waals surface area contributed by atoms with Crippen LogP contribution in [0.25, 0.3) is 11.0 Å². The molecular formula is C17H25NO. The molecule has 0 amide bonds. The smallest absolute Gasteiger partial charge is 0.134 e. The van der Waals surface area contributed by atoms with E-state index in [1.165, 1.54) is 5.39 Å². The molecule has 0 radical (unpaired) electrons. The van der Waals surface area contributed by atoms with Gasteiger partial charge in [-0.1, -0.05) is 45.9 Å². The predicted molar refractivity (Wildman–Crippen MR) is 81.5 cm³/mol. The lowest BCUT2D eigenvalue weighted by molar-refractivity contribution is 0.255. The Balaban J connectivity index is 2.04. The first-order valence-corrected chi connectivity index (χ1v) is 7.21. The van der Waals surface area contributed by atoms with Gasteiger partial charge in [0.1, 0.15) is 11.3 Å². The van der Waals surface area contributed by atoms with E-state index in [9.17, 15) is 0 Å². The van der Waals surface area contributed by atoms with E-state index in [-0.39, 0.29) is 5.41 Å². The molecule has 0 bridgehead atoms. The second-order valence-corrected chi connectivity index (χ2v) is 6.27. The highest BCUT2D eigenvalue weighted by molar-refractivity contribution is 5.77. The minimum absolute atomic E-state index is 0.280. The number of nitrogens with one attached hydrogen (secondary N) is 1. The largest absolute Gasteiger partial charge is 0.461 e. The third kappa shape index (κ3) is 3.60. The highest BCUT2D eigenvalue weighted by Crippen LogP contribution is 2.25. The Morgan fingerprint density at radius 1 is 1.21 bits per heavy atom. The summed E-state index contributed by atoms with van der Waals surface area (Å²) in [4.78, 5) is 0. The molecule has 0 aliphatic rings. The molecule has 1 atom stereocenters. The van der Waals surface area contributed by atoms with Gasteiger partial charge in [-0.2, -0.15) is 0 Å². The zero-order chi connectivity index (χ0) is 13.9. The van der Waals surface area contributed by atoms with E-state index in [2.05, 4.69) is 51.2 Å². The molecule has 1 aromatic heterocycles. The number of aryl methyl sites for hydroxylation is 1. The Morgan fingerprint density at radius 2 is 1.95 bits per heavy atom. The molecule has 2 aromatic rings. The van der Waals surface area contributed by atoms with Crippen molar-refractivity contribution in [2.24, 2.45) is 5.41 Å². The molecule has 2 nitrogen and oxygen atoms in total. The monoisotopic (exact) mass is 259 g/mol. The van der Waals surface area contributed by atoms with Crippen molar-refractivity contribution in [3.8, 4) is 0 Å². The number of hydrogen-bond donors (Lipinski definition) is 1. The van der Waals surface area contributed by atoms with E-state index < -0.39 is 0 Å². The second kappa shape index (κ2) is 5.79. The molecule has 19 heavy (non-hydrogen) atoms. The van der Waals surface area contributed by atoms with Gasteiger partial charge in [-0.05, 0) is 30.5 Å². The Hall–Kier alpha value is -1.28. The third-order valence-electron chi connectivity index (χ3n) is 3.65. The van der Waals surface area contributed by atoms with Gasteiger partial charge < -0.3 is 9.73 Å². The minimum atomic E-state index is 0.280. The van der Waals surface area contributed by atoms with Gasteiger partial charge in [-0.15, -0.1) is 0 Å². The first-order chi connectivity index (χ1) is 9.00. The highest BCUT2D eigenvalue weighted by Gasteiger charge is 2.23. The zero-order valence-electron chi connectivity index (χ0n) is 12.5. The van der Waals surface area contributed by atoms with Gasteiger partial charge in [0.25, 0.3) is 0 Å². The summed E-state index contributed by atoms with van der Waals surface area (Å²) in [7, 11) is 0. The molecule has 0 saturated heterocycles. The lowest BCUT2D eigenvalue weighted by Gasteiger charge is -2.31. The van der Waals surface area contributed by atoms with Gasteiger partial charge in [0.05, 0.1) is 0 Å². The maximum Gasteiger partial charge on any atom is 0.134 e. The van der Waals surface area contributed by atoms with Crippen LogP contribution in [0.2, 0.25) is 0 Å². The van der Waals surface area contributed by atoms with Crippen LogP contribution in [0.3, 0.4) is 0 Å². The van der Waals surface area contributed by atoms with Crippen molar-refractivity contribution in [2.75, 3.05) is 6.54 Å². The van der Waals surface area contributed by atoms with Crippen LogP contribution < -0.4 is 5.32 Å². The maximum atomic E-state index is 5.88. The van der Waals surface area contributed by atoms with Crippen molar-refractivity contribution >= 4 is 11.0 Å². The summed E-state index contributed by atoms with van der Waals surface area (Å²) in [5, 5.41) is 4.79. The zero-order valence-corrected chi connectivity index (χ0v) is 12.5. The Kier molecular flexibility index (Phi) is 4.31. The maximum absolute atomic E-state index is 5.88. The number of furan rings is 1. The fourth-order valence-electron chi connectivity index (χ4n) is 2.53. The van der Waals surface area contributed by atoms with Crippen molar-refractivity contribution in [2.45, 2.75) is 46.6 Å². The Morgan fingerprint density at radius 3 is 2.58 bits per heavy atom. The number of benzene rings is 1. The molecule has 0 fully saturated rings. The molecule has 0 spiro atoms. The average molecular weight is 259 g/mol. The van der Waals surface area contributed by atoms with Crippen molar-refractivity contribution in [3.63, 3.8) is 0 Å². The van der Waals surface area contributed by atoms with Crippen molar-refractivity contribution in [3.05, 3.63) is 36.1 Å². The predicted octanol–water partition coefficient (Wildman–Crippen LogP) is 4.39. The van der Waals surface area contributed by atoms with Crippen molar-refractivity contribution in [1.82, 2.24) is 5.32 Å². The summed E-state index contributed by atoms with van der Waals surface area (Å²) in [5.41, 5.74) is 1.27. The molecule has 1 N–H and O–H groups in total. The topological polar surface area (TPSA) is 25.2 Å². The summed E-state index contributed by atoms with van der Waals surface area (Å²) in [6.45, 7) is 10.1. The van der Waals surface area contributed by atoms with Crippen LogP contribution in [0.15, 0.2) is 34.7 Å². The van der Waals surface area contributed by atoms with Gasteiger partial charge in [0, 0.05) is 17.8 Å². The van der Waals surface area contributed by atoms with Gasteiger partial charge in [-0.3, -0.25) is 0 Å². The van der Waals surface area contributed by atoms with Crippen LogP contribution in [0.5, 0.6) is 0 Å². The Bertz CT molecular complexity index is 488.